The number of carbonyl (C=O) groups is 2. The van der Waals surface area contributed by atoms with E-state index in [4.69, 9.17) is 11.5 Å². The largest absolute Gasteiger partial charge is 0.369 e. The molecule has 6 N–H and O–H groups in total. The molecule has 9 nitrogen and oxygen atoms in total. The summed E-state index contributed by atoms with van der Waals surface area (Å²) >= 11 is 0. The van der Waals surface area contributed by atoms with E-state index in [1.54, 1.807) is 38.1 Å². The second-order valence-electron chi connectivity index (χ2n) is 10.5. The van der Waals surface area contributed by atoms with Crippen molar-refractivity contribution in [3.8, 4) is 0 Å². The van der Waals surface area contributed by atoms with Crippen molar-refractivity contribution < 1.29 is 9.59 Å². The predicted octanol–water partition coefficient (Wildman–Crippen LogP) is 6.30. The summed E-state index contributed by atoms with van der Waals surface area (Å²) < 4.78 is 0. The van der Waals surface area contributed by atoms with Gasteiger partial charge in [-0.05, 0) is 69.6 Å². The van der Waals surface area contributed by atoms with Crippen molar-refractivity contribution in [2.45, 2.75) is 77.8 Å². The quantitative estimate of drug-likeness (QED) is 0.0822. The Morgan fingerprint density at radius 2 is 1.29 bits per heavy atom. The number of rotatable bonds is 19. The number of nitrogens with zero attached hydrogens (tertiary/aromatic N) is 3. The third-order valence-electron chi connectivity index (χ3n) is 6.24. The summed E-state index contributed by atoms with van der Waals surface area (Å²) in [4.78, 5) is 34.6. The van der Waals surface area contributed by atoms with Gasteiger partial charge in [0, 0.05) is 26.2 Å². The van der Waals surface area contributed by atoms with E-state index in [0.717, 1.165) is 44.1 Å². The van der Waals surface area contributed by atoms with Gasteiger partial charge in [0.1, 0.15) is 6.04 Å². The highest BCUT2D eigenvalue weighted by Crippen LogP contribution is 2.11. The van der Waals surface area contributed by atoms with E-state index < -0.39 is 6.04 Å². The van der Waals surface area contributed by atoms with Gasteiger partial charge in [-0.2, -0.15) is 4.99 Å². The number of anilines is 1. The van der Waals surface area contributed by atoms with Gasteiger partial charge in [0.05, 0.1) is 6.54 Å². The van der Waals surface area contributed by atoms with Gasteiger partial charge in [0.25, 0.3) is 0 Å². The molecule has 0 aromatic heterocycles. The van der Waals surface area contributed by atoms with E-state index in [-0.39, 0.29) is 23.7 Å². The molecule has 0 aliphatic rings. The first-order valence-electron chi connectivity index (χ1n) is 15.6. The number of hydrogen-bond donors (Lipinski definition) is 4. The molecule has 1 aromatic rings. The Hall–Kier alpha value is -4.66. The van der Waals surface area contributed by atoms with Gasteiger partial charge >= 0.3 is 0 Å². The number of nitrogens with two attached hydrogens (primary N) is 2. The fourth-order valence-electron chi connectivity index (χ4n) is 3.60. The van der Waals surface area contributed by atoms with E-state index in [1.807, 2.05) is 24.3 Å². The molecule has 0 saturated heterocycles. The molecule has 2 amide bonds. The summed E-state index contributed by atoms with van der Waals surface area (Å²) in [6, 6.07) is 6.55. The molecular formula is C36H53N7O2. The van der Waals surface area contributed by atoms with Crippen LogP contribution in [0.3, 0.4) is 0 Å². The summed E-state index contributed by atoms with van der Waals surface area (Å²) in [7, 11) is 3.53. The first-order chi connectivity index (χ1) is 21.7. The highest BCUT2D eigenvalue weighted by Gasteiger charge is 2.15. The minimum Gasteiger partial charge on any atom is -0.369 e. The molecule has 0 fully saturated rings. The number of carbonyl (C=O) groups excluding carboxylic acids is 2. The summed E-state index contributed by atoms with van der Waals surface area (Å²) in [5.41, 5.74) is 13.0. The lowest BCUT2D eigenvalue weighted by Gasteiger charge is -2.14. The van der Waals surface area contributed by atoms with Crippen LogP contribution in [-0.4, -0.2) is 48.8 Å². The zero-order valence-corrected chi connectivity index (χ0v) is 27.5. The highest BCUT2D eigenvalue weighted by molar-refractivity contribution is 5.97. The molecule has 1 atom stereocenters. The second kappa shape index (κ2) is 24.7. The average molecular weight is 616 g/mol. The van der Waals surface area contributed by atoms with Gasteiger partial charge in [-0.25, -0.2) is 4.99 Å². The molecule has 1 rings (SSSR count). The molecule has 0 saturated carbocycles. The number of guanidine groups is 2. The van der Waals surface area contributed by atoms with Gasteiger partial charge in [-0.1, -0.05) is 92.0 Å². The molecule has 0 heterocycles. The van der Waals surface area contributed by atoms with Crippen LogP contribution in [0.25, 0.3) is 0 Å². The van der Waals surface area contributed by atoms with Crippen LogP contribution < -0.4 is 22.1 Å². The minimum absolute atomic E-state index is 0.0870. The lowest BCUT2D eigenvalue weighted by Crippen LogP contribution is -2.41. The Morgan fingerprint density at radius 1 is 0.800 bits per heavy atom. The molecule has 0 bridgehead atoms. The maximum absolute atomic E-state index is 12.5. The lowest BCUT2D eigenvalue weighted by molar-refractivity contribution is -0.126. The van der Waals surface area contributed by atoms with E-state index in [1.165, 1.54) is 0 Å². The molecule has 1 aromatic carbocycles. The van der Waals surface area contributed by atoms with E-state index in [2.05, 4.69) is 88.3 Å². The number of aliphatic imine (C=N–C) groups is 2. The second-order valence-corrected chi connectivity index (χ2v) is 10.5. The van der Waals surface area contributed by atoms with E-state index in [0.29, 0.717) is 25.1 Å². The molecule has 0 aliphatic heterocycles. The monoisotopic (exact) mass is 615 g/mol. The minimum atomic E-state index is -0.660. The van der Waals surface area contributed by atoms with Crippen LogP contribution in [0.4, 0.5) is 5.69 Å². The maximum atomic E-state index is 12.5. The summed E-state index contributed by atoms with van der Waals surface area (Å²) in [6.45, 7) is 4.13. The van der Waals surface area contributed by atoms with Gasteiger partial charge in [-0.3, -0.25) is 9.59 Å². The predicted molar refractivity (Wildman–Crippen MR) is 191 cm³/mol. The van der Waals surface area contributed by atoms with Crippen LogP contribution in [0, 0.1) is 0 Å². The first-order valence-corrected chi connectivity index (χ1v) is 15.6. The van der Waals surface area contributed by atoms with Gasteiger partial charge < -0.3 is 27.0 Å². The zero-order chi connectivity index (χ0) is 33.1. The number of nitrogens with one attached hydrogen (secondary N) is 2. The topological polar surface area (TPSA) is 138 Å². The molecule has 244 valence electrons. The molecule has 45 heavy (non-hydrogen) atoms. The molecule has 0 radical (unpaired) electrons. The van der Waals surface area contributed by atoms with E-state index in [9.17, 15) is 9.59 Å². The van der Waals surface area contributed by atoms with Crippen molar-refractivity contribution in [3.05, 3.63) is 103 Å². The molecule has 0 aliphatic carbocycles. The van der Waals surface area contributed by atoms with Crippen molar-refractivity contribution in [1.29, 1.82) is 0 Å². The average Bonchev–Trinajstić information content (AvgIpc) is 3.01. The summed E-state index contributed by atoms with van der Waals surface area (Å²) in [6.07, 6.45) is 32.5. The Kier molecular flexibility index (Phi) is 21.1. The summed E-state index contributed by atoms with van der Waals surface area (Å²) in [5.74, 6) is -0.102. The van der Waals surface area contributed by atoms with Crippen LogP contribution in [0.15, 0.2) is 107 Å². The number of hydrogen-bond acceptors (Lipinski definition) is 3. The van der Waals surface area contributed by atoms with Crippen LogP contribution >= 0.6 is 0 Å². The van der Waals surface area contributed by atoms with Gasteiger partial charge in [0.2, 0.25) is 17.8 Å². The fraction of sp³-hybridized carbons (Fsp3) is 0.389. The molecular weight excluding hydrogens is 562 g/mol. The van der Waals surface area contributed by atoms with Crippen molar-refractivity contribution >= 4 is 29.4 Å². The Labute approximate surface area is 270 Å². The zero-order valence-electron chi connectivity index (χ0n) is 27.5. The third-order valence-corrected chi connectivity index (χ3v) is 6.24. The molecule has 1 unspecified atom stereocenters. The Bertz CT molecular complexity index is 1240. The summed E-state index contributed by atoms with van der Waals surface area (Å²) in [5, 5.41) is 5.57. The highest BCUT2D eigenvalue weighted by atomic mass is 16.2. The third kappa shape index (κ3) is 20.8. The van der Waals surface area contributed by atoms with Crippen molar-refractivity contribution in [2.24, 2.45) is 21.5 Å². The van der Waals surface area contributed by atoms with Crippen LogP contribution in [0.1, 0.15) is 70.8 Å². The van der Waals surface area contributed by atoms with Crippen LogP contribution in [0.5, 0.6) is 0 Å². The smallest absolute Gasteiger partial charge is 0.246 e. The van der Waals surface area contributed by atoms with Crippen LogP contribution in [0.2, 0.25) is 0 Å². The Balaban J connectivity index is 2.22. The molecule has 9 heteroatoms. The standard InChI is InChI=1S/C36H53N7O2/c1-5-6-7-8-9-10-11-12-13-14-15-16-17-18-19-20-21-22-23-24-33(44)40-30(2)34(45)41-32-27-25-31(26-28-32)29-39-35(37)42-36(38)43(3)4/h6-7,9-10,12-13,15-16,18-19,21-22,25-28,30H,5,8,11,14,17,20,23-24,29H2,1-4H3,(H,40,44)(H,41,45)(H4,37,38,39,42). The van der Waals surface area contributed by atoms with Crippen LogP contribution in [-0.2, 0) is 16.1 Å². The van der Waals surface area contributed by atoms with Crippen molar-refractivity contribution in [3.63, 3.8) is 0 Å². The van der Waals surface area contributed by atoms with Gasteiger partial charge in [-0.15, -0.1) is 0 Å². The lowest BCUT2D eigenvalue weighted by atomic mass is 10.2. The number of allylic oxidation sites excluding steroid dienone is 12. The normalized spacial score (nSPS) is 13.7. The van der Waals surface area contributed by atoms with Gasteiger partial charge in [0.15, 0.2) is 5.96 Å². The first kappa shape index (κ1) is 38.4. The van der Waals surface area contributed by atoms with E-state index >= 15 is 0 Å². The fourth-order valence-corrected chi connectivity index (χ4v) is 3.60. The van der Waals surface area contributed by atoms with Crippen molar-refractivity contribution in [1.82, 2.24) is 10.2 Å². The van der Waals surface area contributed by atoms with Crippen molar-refractivity contribution in [2.75, 3.05) is 19.4 Å². The maximum Gasteiger partial charge on any atom is 0.246 e. The molecule has 0 spiro atoms. The SMILES string of the molecule is CCC=CCC=CCC=CCC=CCC=CCC=CCCC(=O)NC(C)C(=O)Nc1ccc(CN=C(N)N=C(N)N(C)C)cc1. The number of amides is 2. The Morgan fingerprint density at radius 3 is 1.78 bits per heavy atom. The number of benzene rings is 1.